The van der Waals surface area contributed by atoms with E-state index >= 15 is 4.39 Å². The number of alkyl carbamates (subject to hydrolysis) is 1. The Morgan fingerprint density at radius 2 is 1.90 bits per heavy atom. The number of ether oxygens (including phenoxy) is 1. The summed E-state index contributed by atoms with van der Waals surface area (Å²) in [5.74, 6) is -0.468. The van der Waals surface area contributed by atoms with E-state index in [1.54, 1.807) is 13.0 Å². The molecule has 15 heteroatoms. The van der Waals surface area contributed by atoms with Gasteiger partial charge in [-0.25, -0.2) is 36.9 Å². The lowest BCUT2D eigenvalue weighted by Crippen LogP contribution is -2.37. The van der Waals surface area contributed by atoms with Crippen LogP contribution in [0.1, 0.15) is 31.5 Å². The molecule has 2 heterocycles. The molecule has 0 bridgehead atoms. The van der Waals surface area contributed by atoms with Gasteiger partial charge in [-0.05, 0) is 62.2 Å². The standard InChI is InChI=1S/C27H26ClF2N7O4S/c1-14(33-27(38)41-2)13-32-26-31-10-9-20(34-26)24-23(35-25(36-24)15-3-4-15)19-11-16(28)12-21(22(19)30)37-42(39,40)18-7-5-17(29)6-8-18/h5-12,14-15,37H,3-4,13H2,1-2H3,(H,33,38)(H,35,36)(H,31,32,34)/t14-/m0/s1. The second kappa shape index (κ2) is 11.9. The lowest BCUT2D eigenvalue weighted by atomic mass is 10.1. The second-order valence-electron chi connectivity index (χ2n) is 9.68. The summed E-state index contributed by atoms with van der Waals surface area (Å²) in [5.41, 5.74) is 0.506. The summed E-state index contributed by atoms with van der Waals surface area (Å²) >= 11 is 6.33. The molecule has 0 unspecified atom stereocenters. The maximum absolute atomic E-state index is 16.0. The molecule has 2 aromatic carbocycles. The van der Waals surface area contributed by atoms with Crippen LogP contribution in [0.2, 0.25) is 5.02 Å². The maximum Gasteiger partial charge on any atom is 0.407 e. The van der Waals surface area contributed by atoms with Gasteiger partial charge in [-0.15, -0.1) is 0 Å². The van der Waals surface area contributed by atoms with Crippen LogP contribution in [-0.2, 0) is 14.8 Å². The molecule has 1 saturated carbocycles. The summed E-state index contributed by atoms with van der Waals surface area (Å²) in [4.78, 5) is 27.9. The van der Waals surface area contributed by atoms with Crippen LogP contribution in [0.4, 0.5) is 25.2 Å². The molecule has 0 aliphatic heterocycles. The first-order valence-electron chi connectivity index (χ1n) is 12.8. The van der Waals surface area contributed by atoms with Crippen LogP contribution in [0.25, 0.3) is 22.6 Å². The molecule has 2 aromatic heterocycles. The molecule has 1 amide bonds. The van der Waals surface area contributed by atoms with Crippen molar-refractivity contribution in [2.24, 2.45) is 0 Å². The first kappa shape index (κ1) is 29.2. The average molecular weight is 618 g/mol. The number of hydrogen-bond acceptors (Lipinski definition) is 8. The van der Waals surface area contributed by atoms with E-state index in [-0.39, 0.29) is 39.1 Å². The molecule has 5 rings (SSSR count). The molecular formula is C27H26ClF2N7O4S. The Bertz CT molecular complexity index is 1730. The van der Waals surface area contributed by atoms with Crippen molar-refractivity contribution in [2.75, 3.05) is 23.7 Å². The van der Waals surface area contributed by atoms with Gasteiger partial charge in [0.15, 0.2) is 5.82 Å². The van der Waals surface area contributed by atoms with Gasteiger partial charge in [-0.1, -0.05) is 11.6 Å². The Morgan fingerprint density at radius 3 is 2.60 bits per heavy atom. The number of aromatic amines is 1. The minimum Gasteiger partial charge on any atom is -0.453 e. The number of amides is 1. The highest BCUT2D eigenvalue weighted by Gasteiger charge is 2.30. The summed E-state index contributed by atoms with van der Waals surface area (Å²) in [7, 11) is -2.99. The quantitative estimate of drug-likeness (QED) is 0.187. The molecule has 4 aromatic rings. The monoisotopic (exact) mass is 617 g/mol. The fraction of sp³-hybridized carbons (Fsp3) is 0.259. The minimum atomic E-state index is -4.26. The fourth-order valence-electron chi connectivity index (χ4n) is 4.11. The molecule has 220 valence electrons. The number of imidazole rings is 1. The summed E-state index contributed by atoms with van der Waals surface area (Å²) in [5, 5.41) is 5.73. The molecule has 1 fully saturated rings. The van der Waals surface area contributed by atoms with Gasteiger partial charge in [0.05, 0.1) is 29.1 Å². The van der Waals surface area contributed by atoms with Crippen molar-refractivity contribution in [3.8, 4) is 22.6 Å². The normalized spacial score (nSPS) is 13.8. The van der Waals surface area contributed by atoms with Crippen molar-refractivity contribution < 1.29 is 26.7 Å². The van der Waals surface area contributed by atoms with Gasteiger partial charge < -0.3 is 20.4 Å². The van der Waals surface area contributed by atoms with E-state index in [4.69, 9.17) is 11.6 Å². The SMILES string of the molecule is COC(=O)N[C@@H](C)CNc1nccc(-c2[nH]c(C3CC3)nc2-c2cc(Cl)cc(NS(=O)(=O)c3ccc(F)cc3)c2F)n1. The Labute approximate surface area is 245 Å². The topological polar surface area (TPSA) is 151 Å². The summed E-state index contributed by atoms with van der Waals surface area (Å²) in [6, 6.07) is 7.94. The fourth-order valence-corrected chi connectivity index (χ4v) is 5.38. The predicted octanol–water partition coefficient (Wildman–Crippen LogP) is 5.30. The van der Waals surface area contributed by atoms with Gasteiger partial charge in [-0.2, -0.15) is 0 Å². The van der Waals surface area contributed by atoms with Crippen LogP contribution in [0.5, 0.6) is 0 Å². The molecule has 1 aliphatic rings. The number of nitrogens with zero attached hydrogens (tertiary/aromatic N) is 3. The Kier molecular flexibility index (Phi) is 8.27. The van der Waals surface area contributed by atoms with Crippen LogP contribution in [0, 0.1) is 11.6 Å². The molecule has 0 radical (unpaired) electrons. The van der Waals surface area contributed by atoms with Gasteiger partial charge in [0.2, 0.25) is 5.95 Å². The first-order valence-corrected chi connectivity index (χ1v) is 14.7. The van der Waals surface area contributed by atoms with E-state index in [0.717, 1.165) is 43.2 Å². The maximum atomic E-state index is 16.0. The number of hydrogen-bond donors (Lipinski definition) is 4. The van der Waals surface area contributed by atoms with Crippen molar-refractivity contribution in [1.29, 1.82) is 0 Å². The van der Waals surface area contributed by atoms with Crippen molar-refractivity contribution in [2.45, 2.75) is 36.6 Å². The number of carbonyl (C=O) groups excluding carboxylic acids is 1. The molecule has 4 N–H and O–H groups in total. The van der Waals surface area contributed by atoms with Gasteiger partial charge in [0, 0.05) is 35.3 Å². The zero-order valence-corrected chi connectivity index (χ0v) is 24.0. The number of halogens is 3. The number of rotatable bonds is 10. The van der Waals surface area contributed by atoms with Crippen LogP contribution >= 0.6 is 11.6 Å². The van der Waals surface area contributed by atoms with Crippen molar-refractivity contribution in [1.82, 2.24) is 25.3 Å². The largest absolute Gasteiger partial charge is 0.453 e. The number of benzene rings is 2. The van der Waals surface area contributed by atoms with Gasteiger partial charge in [0.25, 0.3) is 10.0 Å². The first-order chi connectivity index (χ1) is 20.0. The third-order valence-corrected chi connectivity index (χ3v) is 7.97. The van der Waals surface area contributed by atoms with Crippen LogP contribution in [0.15, 0.2) is 53.6 Å². The van der Waals surface area contributed by atoms with Crippen LogP contribution < -0.4 is 15.4 Å². The Balaban J connectivity index is 1.49. The number of H-pyrrole nitrogens is 1. The third kappa shape index (κ3) is 6.60. The highest BCUT2D eigenvalue weighted by Crippen LogP contribution is 2.43. The molecular weight excluding hydrogens is 592 g/mol. The molecule has 1 aliphatic carbocycles. The number of nitrogens with one attached hydrogen (secondary N) is 4. The Hall–Kier alpha value is -4.30. The van der Waals surface area contributed by atoms with E-state index in [2.05, 4.69) is 40.0 Å². The lowest BCUT2D eigenvalue weighted by molar-refractivity contribution is 0.168. The number of methoxy groups -OCH3 is 1. The lowest BCUT2D eigenvalue weighted by Gasteiger charge is -2.14. The van der Waals surface area contributed by atoms with Gasteiger partial charge in [-0.3, -0.25) is 4.72 Å². The predicted molar refractivity (Wildman–Crippen MR) is 153 cm³/mol. The zero-order valence-electron chi connectivity index (χ0n) is 22.4. The number of anilines is 2. The van der Waals surface area contributed by atoms with Crippen LogP contribution in [-0.4, -0.2) is 54.1 Å². The Morgan fingerprint density at radius 1 is 1.17 bits per heavy atom. The van der Waals surface area contributed by atoms with Crippen LogP contribution in [0.3, 0.4) is 0 Å². The zero-order chi connectivity index (χ0) is 30.0. The van der Waals surface area contributed by atoms with E-state index in [1.165, 1.54) is 19.4 Å². The summed E-state index contributed by atoms with van der Waals surface area (Å²) < 4.78 is 62.0. The van der Waals surface area contributed by atoms with E-state index in [1.807, 2.05) is 0 Å². The van der Waals surface area contributed by atoms with E-state index in [0.29, 0.717) is 23.8 Å². The summed E-state index contributed by atoms with van der Waals surface area (Å²) in [6.45, 7) is 2.06. The molecule has 11 nitrogen and oxygen atoms in total. The number of carbonyl (C=O) groups is 1. The minimum absolute atomic E-state index is 0.0542. The summed E-state index contributed by atoms with van der Waals surface area (Å²) in [6.07, 6.45) is 2.77. The smallest absolute Gasteiger partial charge is 0.407 e. The van der Waals surface area contributed by atoms with E-state index < -0.39 is 33.4 Å². The molecule has 0 spiro atoms. The van der Waals surface area contributed by atoms with Crippen molar-refractivity contribution >= 4 is 39.4 Å². The molecule has 1 atom stereocenters. The van der Waals surface area contributed by atoms with Crippen molar-refractivity contribution in [3.05, 3.63) is 71.1 Å². The van der Waals surface area contributed by atoms with Gasteiger partial charge in [0.1, 0.15) is 17.3 Å². The second-order valence-corrected chi connectivity index (χ2v) is 11.8. The average Bonchev–Trinajstić information content (AvgIpc) is 3.72. The highest BCUT2D eigenvalue weighted by atomic mass is 35.5. The highest BCUT2D eigenvalue weighted by molar-refractivity contribution is 7.92. The molecule has 0 saturated heterocycles. The van der Waals surface area contributed by atoms with E-state index in [9.17, 15) is 17.6 Å². The number of sulfonamides is 1. The molecule has 42 heavy (non-hydrogen) atoms. The number of aromatic nitrogens is 4. The van der Waals surface area contributed by atoms with Gasteiger partial charge >= 0.3 is 6.09 Å². The third-order valence-electron chi connectivity index (χ3n) is 6.37. The van der Waals surface area contributed by atoms with Crippen molar-refractivity contribution in [3.63, 3.8) is 0 Å².